The van der Waals surface area contributed by atoms with Gasteiger partial charge in [-0.05, 0) is 44.0 Å². The Morgan fingerprint density at radius 1 is 1.18 bits per heavy atom. The second-order valence-electron chi connectivity index (χ2n) is 4.07. The smallest absolute Gasteiger partial charge is 0.129 e. The fourth-order valence-corrected chi connectivity index (χ4v) is 2.35. The van der Waals surface area contributed by atoms with Gasteiger partial charge in [0.2, 0.25) is 0 Å². The number of hydrogen-bond acceptors (Lipinski definition) is 2. The van der Waals surface area contributed by atoms with Gasteiger partial charge in [0.1, 0.15) is 5.82 Å². The first kappa shape index (κ1) is 12.5. The lowest BCUT2D eigenvalue weighted by Gasteiger charge is -2.11. The van der Waals surface area contributed by atoms with Crippen molar-refractivity contribution < 1.29 is 0 Å². The average molecular weight is 269 g/mol. The summed E-state index contributed by atoms with van der Waals surface area (Å²) in [7, 11) is 0. The van der Waals surface area contributed by atoms with E-state index < -0.39 is 0 Å². The SMILES string of the molecule is CCNc1nc2c(Cl)cc(C)c(Cl)c2cc1C. The summed E-state index contributed by atoms with van der Waals surface area (Å²) >= 11 is 12.5. The number of rotatable bonds is 2. The van der Waals surface area contributed by atoms with Crippen molar-refractivity contribution in [3.63, 3.8) is 0 Å². The van der Waals surface area contributed by atoms with Crippen LogP contribution < -0.4 is 5.32 Å². The largest absolute Gasteiger partial charge is 0.370 e. The molecule has 2 aromatic rings. The number of pyridine rings is 1. The molecule has 0 fully saturated rings. The third-order valence-electron chi connectivity index (χ3n) is 2.71. The molecular weight excluding hydrogens is 255 g/mol. The van der Waals surface area contributed by atoms with E-state index in [1.807, 2.05) is 32.9 Å². The highest BCUT2D eigenvalue weighted by atomic mass is 35.5. The molecule has 0 amide bonds. The van der Waals surface area contributed by atoms with E-state index in [1.54, 1.807) is 0 Å². The first-order valence-corrected chi connectivity index (χ1v) is 6.30. The Morgan fingerprint density at radius 2 is 1.88 bits per heavy atom. The lowest BCUT2D eigenvalue weighted by Crippen LogP contribution is -2.02. The topological polar surface area (TPSA) is 24.9 Å². The Labute approximate surface area is 111 Å². The molecule has 0 saturated heterocycles. The van der Waals surface area contributed by atoms with Gasteiger partial charge in [-0.1, -0.05) is 23.2 Å². The Morgan fingerprint density at radius 3 is 2.53 bits per heavy atom. The summed E-state index contributed by atoms with van der Waals surface area (Å²) < 4.78 is 0. The predicted molar refractivity (Wildman–Crippen MR) is 75.4 cm³/mol. The number of nitrogens with zero attached hydrogens (tertiary/aromatic N) is 1. The molecule has 0 bridgehead atoms. The summed E-state index contributed by atoms with van der Waals surface area (Å²) in [5, 5.41) is 5.49. The molecule has 1 heterocycles. The lowest BCUT2D eigenvalue weighted by molar-refractivity contribution is 1.16. The number of halogens is 2. The monoisotopic (exact) mass is 268 g/mol. The van der Waals surface area contributed by atoms with Crippen molar-refractivity contribution in [2.45, 2.75) is 20.8 Å². The molecule has 0 aliphatic rings. The van der Waals surface area contributed by atoms with Gasteiger partial charge in [0.05, 0.1) is 15.6 Å². The standard InChI is InChI=1S/C13H14Cl2N2/c1-4-16-13-8(3)5-9-11(15)7(2)6-10(14)12(9)17-13/h5-6H,4H2,1-3H3,(H,16,17). The Hall–Kier alpha value is -0.990. The van der Waals surface area contributed by atoms with Gasteiger partial charge in [-0.2, -0.15) is 0 Å². The number of aromatic nitrogens is 1. The van der Waals surface area contributed by atoms with E-state index in [2.05, 4.69) is 10.3 Å². The molecule has 0 aliphatic carbocycles. The molecule has 0 radical (unpaired) electrons. The molecule has 2 nitrogen and oxygen atoms in total. The molecule has 0 unspecified atom stereocenters. The molecule has 0 saturated carbocycles. The van der Waals surface area contributed by atoms with Crippen molar-refractivity contribution in [3.05, 3.63) is 33.3 Å². The van der Waals surface area contributed by atoms with E-state index in [0.29, 0.717) is 5.02 Å². The molecule has 2 rings (SSSR count). The van der Waals surface area contributed by atoms with Crippen LogP contribution in [0.25, 0.3) is 10.9 Å². The van der Waals surface area contributed by atoms with Crippen molar-refractivity contribution in [2.24, 2.45) is 0 Å². The zero-order valence-electron chi connectivity index (χ0n) is 10.1. The zero-order valence-corrected chi connectivity index (χ0v) is 11.6. The number of nitrogens with one attached hydrogen (secondary N) is 1. The normalized spacial score (nSPS) is 10.9. The molecule has 0 aliphatic heterocycles. The fraction of sp³-hybridized carbons (Fsp3) is 0.308. The van der Waals surface area contributed by atoms with Crippen LogP contribution in [0, 0.1) is 13.8 Å². The van der Waals surface area contributed by atoms with E-state index >= 15 is 0 Å². The zero-order chi connectivity index (χ0) is 12.6. The van der Waals surface area contributed by atoms with Crippen LogP contribution >= 0.6 is 23.2 Å². The Kier molecular flexibility index (Phi) is 3.45. The molecule has 1 aromatic carbocycles. The maximum atomic E-state index is 6.28. The van der Waals surface area contributed by atoms with Gasteiger partial charge in [-0.3, -0.25) is 0 Å². The molecule has 17 heavy (non-hydrogen) atoms. The molecule has 1 N–H and O–H groups in total. The Balaban J connectivity index is 2.78. The van der Waals surface area contributed by atoms with E-state index in [0.717, 1.165) is 39.4 Å². The first-order valence-electron chi connectivity index (χ1n) is 5.54. The minimum absolute atomic E-state index is 0.640. The van der Waals surface area contributed by atoms with E-state index in [1.165, 1.54) is 0 Å². The van der Waals surface area contributed by atoms with E-state index in [-0.39, 0.29) is 0 Å². The van der Waals surface area contributed by atoms with Gasteiger partial charge in [-0.15, -0.1) is 0 Å². The van der Waals surface area contributed by atoms with Crippen LogP contribution in [0.5, 0.6) is 0 Å². The number of aryl methyl sites for hydroxylation is 2. The van der Waals surface area contributed by atoms with Crippen molar-refractivity contribution >= 4 is 39.9 Å². The summed E-state index contributed by atoms with van der Waals surface area (Å²) in [5.74, 6) is 0.863. The number of hydrogen-bond donors (Lipinski definition) is 1. The van der Waals surface area contributed by atoms with Crippen LogP contribution in [0.4, 0.5) is 5.82 Å². The summed E-state index contributed by atoms with van der Waals surface area (Å²) in [6, 6.07) is 3.88. The van der Waals surface area contributed by atoms with Crippen molar-refractivity contribution in [3.8, 4) is 0 Å². The van der Waals surface area contributed by atoms with Gasteiger partial charge in [0.15, 0.2) is 0 Å². The number of benzene rings is 1. The molecule has 1 aromatic heterocycles. The highest BCUT2D eigenvalue weighted by Gasteiger charge is 2.11. The first-order chi connectivity index (χ1) is 8.04. The third-order valence-corrected chi connectivity index (χ3v) is 3.50. The van der Waals surface area contributed by atoms with Crippen LogP contribution in [-0.4, -0.2) is 11.5 Å². The van der Waals surface area contributed by atoms with E-state index in [9.17, 15) is 0 Å². The maximum absolute atomic E-state index is 6.28. The summed E-state index contributed by atoms with van der Waals surface area (Å²) in [6.07, 6.45) is 0. The van der Waals surface area contributed by atoms with Gasteiger partial charge in [-0.25, -0.2) is 4.98 Å². The number of anilines is 1. The minimum atomic E-state index is 0.640. The lowest BCUT2D eigenvalue weighted by atomic mass is 10.1. The third kappa shape index (κ3) is 2.20. The summed E-state index contributed by atoms with van der Waals surface area (Å²) in [5.41, 5.74) is 2.80. The molecule has 90 valence electrons. The summed E-state index contributed by atoms with van der Waals surface area (Å²) in [4.78, 5) is 4.54. The van der Waals surface area contributed by atoms with E-state index in [4.69, 9.17) is 23.2 Å². The van der Waals surface area contributed by atoms with Crippen molar-refractivity contribution in [1.82, 2.24) is 4.98 Å². The Bertz CT molecular complexity index is 579. The maximum Gasteiger partial charge on any atom is 0.129 e. The van der Waals surface area contributed by atoms with Crippen LogP contribution in [0.15, 0.2) is 12.1 Å². The predicted octanol–water partition coefficient (Wildman–Crippen LogP) is 4.59. The second kappa shape index (κ2) is 4.71. The second-order valence-corrected chi connectivity index (χ2v) is 4.85. The summed E-state index contributed by atoms with van der Waals surface area (Å²) in [6.45, 7) is 6.82. The van der Waals surface area contributed by atoms with Gasteiger partial charge < -0.3 is 5.32 Å². The van der Waals surface area contributed by atoms with Crippen molar-refractivity contribution in [2.75, 3.05) is 11.9 Å². The fourth-order valence-electron chi connectivity index (χ4n) is 1.84. The minimum Gasteiger partial charge on any atom is -0.370 e. The van der Waals surface area contributed by atoms with Crippen LogP contribution in [0.2, 0.25) is 10.0 Å². The van der Waals surface area contributed by atoms with Gasteiger partial charge in [0.25, 0.3) is 0 Å². The van der Waals surface area contributed by atoms with Crippen LogP contribution in [-0.2, 0) is 0 Å². The van der Waals surface area contributed by atoms with Gasteiger partial charge in [0, 0.05) is 11.9 Å². The highest BCUT2D eigenvalue weighted by Crippen LogP contribution is 2.33. The number of fused-ring (bicyclic) bond motifs is 1. The molecule has 4 heteroatoms. The average Bonchev–Trinajstić information content (AvgIpc) is 2.28. The van der Waals surface area contributed by atoms with Gasteiger partial charge >= 0.3 is 0 Å². The quantitative estimate of drug-likeness (QED) is 0.862. The molecule has 0 spiro atoms. The molecule has 0 atom stereocenters. The van der Waals surface area contributed by atoms with Crippen LogP contribution in [0.1, 0.15) is 18.1 Å². The van der Waals surface area contributed by atoms with Crippen LogP contribution in [0.3, 0.4) is 0 Å². The molecular formula is C13H14Cl2N2. The van der Waals surface area contributed by atoms with Crippen molar-refractivity contribution in [1.29, 1.82) is 0 Å². The highest BCUT2D eigenvalue weighted by molar-refractivity contribution is 6.40.